The van der Waals surface area contributed by atoms with Gasteiger partial charge in [0.15, 0.2) is 5.03 Å². The van der Waals surface area contributed by atoms with Crippen LogP contribution in [0.5, 0.6) is 0 Å². The van der Waals surface area contributed by atoms with Crippen LogP contribution in [0.3, 0.4) is 0 Å². The summed E-state index contributed by atoms with van der Waals surface area (Å²) in [6, 6.07) is 0. The third kappa shape index (κ3) is 2.71. The zero-order chi connectivity index (χ0) is 14.9. The van der Waals surface area contributed by atoms with Gasteiger partial charge in [0.1, 0.15) is 0 Å². The quantitative estimate of drug-likeness (QED) is 0.880. The van der Waals surface area contributed by atoms with Gasteiger partial charge in [-0.25, -0.2) is 13.4 Å². The molecule has 0 saturated carbocycles. The van der Waals surface area contributed by atoms with Crippen molar-refractivity contribution in [3.8, 4) is 0 Å². The molecule has 1 aliphatic heterocycles. The van der Waals surface area contributed by atoms with Gasteiger partial charge in [0, 0.05) is 19.6 Å². The number of rotatable bonds is 4. The molecule has 2 unspecified atom stereocenters. The van der Waals surface area contributed by atoms with Crippen LogP contribution in [0.1, 0.15) is 20.3 Å². The van der Waals surface area contributed by atoms with E-state index in [1.165, 1.54) is 16.8 Å². The number of hydrogen-bond acceptors (Lipinski definition) is 4. The number of aromatic nitrogens is 2. The SMILES string of the molecule is CCn1cncc1S(=O)(=O)N1CC(C)CC(C(=O)O)C1. The molecule has 1 aromatic rings. The van der Waals surface area contributed by atoms with E-state index in [0.717, 1.165) is 0 Å². The maximum atomic E-state index is 12.6. The highest BCUT2D eigenvalue weighted by Gasteiger charge is 2.37. The van der Waals surface area contributed by atoms with Crippen LogP contribution in [-0.2, 0) is 21.4 Å². The molecular weight excluding hydrogens is 282 g/mol. The first kappa shape index (κ1) is 15.0. The molecule has 0 radical (unpaired) electrons. The number of aliphatic carboxylic acids is 1. The number of carboxylic acid groups (broad SMARTS) is 1. The Morgan fingerprint density at radius 1 is 1.50 bits per heavy atom. The van der Waals surface area contributed by atoms with Gasteiger partial charge < -0.3 is 9.67 Å². The smallest absolute Gasteiger partial charge is 0.307 e. The van der Waals surface area contributed by atoms with E-state index in [9.17, 15) is 13.2 Å². The fourth-order valence-corrected chi connectivity index (χ4v) is 4.33. The maximum Gasteiger partial charge on any atom is 0.307 e. The van der Waals surface area contributed by atoms with Gasteiger partial charge in [-0.15, -0.1) is 0 Å². The van der Waals surface area contributed by atoms with Crippen molar-refractivity contribution in [3.63, 3.8) is 0 Å². The average Bonchev–Trinajstić information content (AvgIpc) is 2.86. The number of carbonyl (C=O) groups is 1. The van der Waals surface area contributed by atoms with Crippen molar-refractivity contribution in [3.05, 3.63) is 12.5 Å². The van der Waals surface area contributed by atoms with Crippen molar-refractivity contribution in [2.24, 2.45) is 11.8 Å². The van der Waals surface area contributed by atoms with E-state index in [-0.39, 0.29) is 17.5 Å². The largest absolute Gasteiger partial charge is 0.481 e. The van der Waals surface area contributed by atoms with E-state index in [2.05, 4.69) is 4.98 Å². The first-order chi connectivity index (χ1) is 9.36. The predicted molar refractivity (Wildman–Crippen MR) is 71.6 cm³/mol. The molecule has 2 atom stereocenters. The van der Waals surface area contributed by atoms with Crippen molar-refractivity contribution in [1.82, 2.24) is 13.9 Å². The van der Waals surface area contributed by atoms with Gasteiger partial charge in [-0.1, -0.05) is 6.92 Å². The van der Waals surface area contributed by atoms with Crippen molar-refractivity contribution in [1.29, 1.82) is 0 Å². The summed E-state index contributed by atoms with van der Waals surface area (Å²) in [7, 11) is -3.69. The summed E-state index contributed by atoms with van der Waals surface area (Å²) in [6.45, 7) is 4.58. The molecule has 0 aliphatic carbocycles. The fraction of sp³-hybridized carbons (Fsp3) is 0.667. The van der Waals surface area contributed by atoms with Crippen LogP contribution in [0.25, 0.3) is 0 Å². The zero-order valence-corrected chi connectivity index (χ0v) is 12.4. The van der Waals surface area contributed by atoms with Crippen molar-refractivity contribution < 1.29 is 18.3 Å². The van der Waals surface area contributed by atoms with Gasteiger partial charge in [0.2, 0.25) is 0 Å². The van der Waals surface area contributed by atoms with Crippen molar-refractivity contribution in [2.75, 3.05) is 13.1 Å². The molecule has 0 spiro atoms. The van der Waals surface area contributed by atoms with E-state index in [0.29, 0.717) is 19.5 Å². The lowest BCUT2D eigenvalue weighted by Gasteiger charge is -2.33. The molecular formula is C12H19N3O4S. The third-order valence-electron chi connectivity index (χ3n) is 3.59. The predicted octanol–water partition coefficient (Wildman–Crippen LogP) is 0.634. The van der Waals surface area contributed by atoms with Crippen LogP contribution in [0.15, 0.2) is 17.6 Å². The summed E-state index contributed by atoms with van der Waals surface area (Å²) in [4.78, 5) is 15.0. The standard InChI is InChI=1S/C12H19N3O4S/c1-3-14-8-13-5-11(14)20(18,19)15-6-9(2)4-10(7-15)12(16)17/h5,8-10H,3-4,6-7H2,1-2H3,(H,16,17). The first-order valence-corrected chi connectivity index (χ1v) is 8.03. The molecule has 0 amide bonds. The van der Waals surface area contributed by atoms with Crippen LogP contribution in [0.2, 0.25) is 0 Å². The molecule has 2 rings (SSSR count). The molecule has 7 nitrogen and oxygen atoms in total. The number of piperidine rings is 1. The van der Waals surface area contributed by atoms with Crippen molar-refractivity contribution >= 4 is 16.0 Å². The normalized spacial score (nSPS) is 24.7. The monoisotopic (exact) mass is 301 g/mol. The van der Waals surface area contributed by atoms with Crippen LogP contribution in [0.4, 0.5) is 0 Å². The Labute approximate surface area is 118 Å². The summed E-state index contributed by atoms with van der Waals surface area (Å²) in [5.74, 6) is -1.56. The maximum absolute atomic E-state index is 12.6. The van der Waals surface area contributed by atoms with Crippen LogP contribution in [-0.4, -0.2) is 46.4 Å². The molecule has 1 fully saturated rings. The second-order valence-corrected chi connectivity index (χ2v) is 7.10. The molecule has 1 N–H and O–H groups in total. The second-order valence-electron chi connectivity index (χ2n) is 5.22. The number of nitrogens with zero attached hydrogens (tertiary/aromatic N) is 3. The first-order valence-electron chi connectivity index (χ1n) is 6.59. The number of aryl methyl sites for hydroxylation is 1. The number of imidazole rings is 1. The second kappa shape index (κ2) is 5.53. The van der Waals surface area contributed by atoms with Crippen LogP contribution < -0.4 is 0 Å². The lowest BCUT2D eigenvalue weighted by molar-refractivity contribution is -0.143. The molecule has 0 bridgehead atoms. The Bertz CT molecular complexity index is 596. The molecule has 2 heterocycles. The number of carboxylic acids is 1. The van der Waals surface area contributed by atoms with E-state index >= 15 is 0 Å². The Hall–Kier alpha value is -1.41. The summed E-state index contributed by atoms with van der Waals surface area (Å²) in [5, 5.41) is 9.26. The summed E-state index contributed by atoms with van der Waals surface area (Å²) in [6.07, 6.45) is 3.29. The van der Waals surface area contributed by atoms with Crippen molar-refractivity contribution in [2.45, 2.75) is 31.8 Å². The highest BCUT2D eigenvalue weighted by molar-refractivity contribution is 7.89. The minimum atomic E-state index is -3.69. The Kier molecular flexibility index (Phi) is 4.14. The minimum Gasteiger partial charge on any atom is -0.481 e. The lowest BCUT2D eigenvalue weighted by Crippen LogP contribution is -2.45. The van der Waals surface area contributed by atoms with Gasteiger partial charge in [-0.2, -0.15) is 4.31 Å². The highest BCUT2D eigenvalue weighted by atomic mass is 32.2. The Morgan fingerprint density at radius 2 is 2.20 bits per heavy atom. The molecule has 1 aliphatic rings. The Morgan fingerprint density at radius 3 is 2.80 bits per heavy atom. The fourth-order valence-electron chi connectivity index (χ4n) is 2.57. The molecule has 112 valence electrons. The molecule has 1 saturated heterocycles. The Balaban J connectivity index is 2.31. The van der Waals surface area contributed by atoms with Gasteiger partial charge in [0.25, 0.3) is 10.0 Å². The summed E-state index contributed by atoms with van der Waals surface area (Å²) in [5.41, 5.74) is 0. The highest BCUT2D eigenvalue weighted by Crippen LogP contribution is 2.27. The molecule has 8 heteroatoms. The zero-order valence-electron chi connectivity index (χ0n) is 11.6. The van der Waals surface area contributed by atoms with Gasteiger partial charge in [0.05, 0.1) is 18.4 Å². The minimum absolute atomic E-state index is 0.0247. The van der Waals surface area contributed by atoms with Crippen LogP contribution >= 0.6 is 0 Å². The van der Waals surface area contributed by atoms with E-state index < -0.39 is 21.9 Å². The topological polar surface area (TPSA) is 92.5 Å². The third-order valence-corrected chi connectivity index (χ3v) is 5.44. The van der Waals surface area contributed by atoms with E-state index in [4.69, 9.17) is 5.11 Å². The molecule has 0 aromatic carbocycles. The van der Waals surface area contributed by atoms with Gasteiger partial charge >= 0.3 is 5.97 Å². The lowest BCUT2D eigenvalue weighted by atomic mass is 9.92. The molecule has 20 heavy (non-hydrogen) atoms. The average molecular weight is 301 g/mol. The molecule has 1 aromatic heterocycles. The summed E-state index contributed by atoms with van der Waals surface area (Å²) >= 11 is 0. The van der Waals surface area contributed by atoms with Gasteiger partial charge in [-0.3, -0.25) is 4.79 Å². The number of sulfonamides is 1. The van der Waals surface area contributed by atoms with Crippen LogP contribution in [0, 0.1) is 11.8 Å². The van der Waals surface area contributed by atoms with Gasteiger partial charge in [-0.05, 0) is 19.3 Å². The van der Waals surface area contributed by atoms with E-state index in [1.807, 2.05) is 13.8 Å². The van der Waals surface area contributed by atoms with E-state index in [1.54, 1.807) is 4.57 Å². The summed E-state index contributed by atoms with van der Waals surface area (Å²) < 4.78 is 28.0. The number of hydrogen-bond donors (Lipinski definition) is 1.